The van der Waals surface area contributed by atoms with Crippen LogP contribution >= 0.6 is 39.1 Å². The smallest absolute Gasteiger partial charge is 0.125 e. The maximum atomic E-state index is 6.00. The number of hydrogen-bond donors (Lipinski definition) is 0. The second kappa shape index (κ2) is 7.21. The van der Waals surface area contributed by atoms with Crippen molar-refractivity contribution < 1.29 is 9.47 Å². The Kier molecular flexibility index (Phi) is 5.58. The lowest BCUT2D eigenvalue weighted by atomic mass is 10.2. The predicted molar refractivity (Wildman–Crippen MR) is 86.4 cm³/mol. The molecule has 2 aromatic rings. The van der Waals surface area contributed by atoms with Gasteiger partial charge in [0.15, 0.2) is 0 Å². The summed E-state index contributed by atoms with van der Waals surface area (Å²) in [7, 11) is 1.62. The minimum absolute atomic E-state index is 0.380. The van der Waals surface area contributed by atoms with Crippen molar-refractivity contribution in [1.29, 1.82) is 0 Å². The van der Waals surface area contributed by atoms with Crippen LogP contribution in [-0.4, -0.2) is 7.11 Å². The summed E-state index contributed by atoms with van der Waals surface area (Å²) in [5.41, 5.74) is 1.90. The van der Waals surface area contributed by atoms with Crippen molar-refractivity contribution in [3.8, 4) is 11.5 Å². The van der Waals surface area contributed by atoms with Crippen LogP contribution in [-0.2, 0) is 11.9 Å². The highest BCUT2D eigenvalue weighted by atomic mass is 79.9. The SMILES string of the molecule is COc1ccc(Cl)cc1COc1ccc(Cl)cc1CBr. The largest absolute Gasteiger partial charge is 0.496 e. The molecule has 0 bridgehead atoms. The molecule has 0 atom stereocenters. The van der Waals surface area contributed by atoms with E-state index in [2.05, 4.69) is 15.9 Å². The summed E-state index contributed by atoms with van der Waals surface area (Å²) in [6, 6.07) is 11.0. The van der Waals surface area contributed by atoms with Gasteiger partial charge < -0.3 is 9.47 Å². The molecular weight excluding hydrogens is 363 g/mol. The van der Waals surface area contributed by atoms with Crippen LogP contribution in [0.1, 0.15) is 11.1 Å². The first-order chi connectivity index (χ1) is 9.63. The maximum absolute atomic E-state index is 6.00. The van der Waals surface area contributed by atoms with E-state index >= 15 is 0 Å². The van der Waals surface area contributed by atoms with E-state index in [-0.39, 0.29) is 0 Å². The van der Waals surface area contributed by atoms with Crippen molar-refractivity contribution in [3.05, 3.63) is 57.6 Å². The van der Waals surface area contributed by atoms with Crippen molar-refractivity contribution in [2.24, 2.45) is 0 Å². The fourth-order valence-electron chi connectivity index (χ4n) is 1.81. The van der Waals surface area contributed by atoms with E-state index in [0.29, 0.717) is 22.0 Å². The highest BCUT2D eigenvalue weighted by Gasteiger charge is 2.08. The molecule has 0 fully saturated rings. The summed E-state index contributed by atoms with van der Waals surface area (Å²) < 4.78 is 11.1. The van der Waals surface area contributed by atoms with Crippen LogP contribution in [0.4, 0.5) is 0 Å². The molecule has 0 spiro atoms. The molecule has 0 aliphatic rings. The Morgan fingerprint density at radius 2 is 1.55 bits per heavy atom. The minimum Gasteiger partial charge on any atom is -0.496 e. The molecule has 0 saturated heterocycles. The summed E-state index contributed by atoms with van der Waals surface area (Å²) >= 11 is 15.4. The molecule has 0 amide bonds. The zero-order valence-electron chi connectivity index (χ0n) is 10.8. The minimum atomic E-state index is 0.380. The fraction of sp³-hybridized carbons (Fsp3) is 0.200. The van der Waals surface area contributed by atoms with E-state index in [1.165, 1.54) is 0 Å². The van der Waals surface area contributed by atoms with Crippen molar-refractivity contribution >= 4 is 39.1 Å². The molecule has 0 unspecified atom stereocenters. The van der Waals surface area contributed by atoms with E-state index in [1.54, 1.807) is 19.2 Å². The molecule has 0 aliphatic carbocycles. The summed E-state index contributed by atoms with van der Waals surface area (Å²) in [4.78, 5) is 0. The fourth-order valence-corrected chi connectivity index (χ4v) is 2.64. The lowest BCUT2D eigenvalue weighted by Crippen LogP contribution is -2.00. The quantitative estimate of drug-likeness (QED) is 0.644. The first-order valence-corrected chi connectivity index (χ1v) is 7.81. The number of ether oxygens (including phenoxy) is 2. The van der Waals surface area contributed by atoms with Crippen LogP contribution < -0.4 is 9.47 Å². The number of alkyl halides is 1. The number of benzene rings is 2. The molecule has 0 N–H and O–H groups in total. The molecule has 2 aromatic carbocycles. The van der Waals surface area contributed by atoms with E-state index in [4.69, 9.17) is 32.7 Å². The number of halogens is 3. The van der Waals surface area contributed by atoms with E-state index in [9.17, 15) is 0 Å². The van der Waals surface area contributed by atoms with Crippen LogP contribution in [0.3, 0.4) is 0 Å². The maximum Gasteiger partial charge on any atom is 0.125 e. The average Bonchev–Trinajstić information content (AvgIpc) is 2.46. The van der Waals surface area contributed by atoms with Gasteiger partial charge in [0.1, 0.15) is 18.1 Å². The first-order valence-electron chi connectivity index (χ1n) is 5.93. The molecule has 0 aromatic heterocycles. The molecule has 0 aliphatic heterocycles. The Balaban J connectivity index is 2.18. The molecular formula is C15H13BrCl2O2. The third-order valence-electron chi connectivity index (χ3n) is 2.79. The molecule has 2 nitrogen and oxygen atoms in total. The van der Waals surface area contributed by atoms with Gasteiger partial charge in [-0.3, -0.25) is 0 Å². The topological polar surface area (TPSA) is 18.5 Å². The Bertz CT molecular complexity index is 602. The zero-order chi connectivity index (χ0) is 14.5. The zero-order valence-corrected chi connectivity index (χ0v) is 13.9. The number of hydrogen-bond acceptors (Lipinski definition) is 2. The average molecular weight is 376 g/mol. The summed E-state index contributed by atoms with van der Waals surface area (Å²) in [6.07, 6.45) is 0. The molecule has 2 rings (SSSR count). The van der Waals surface area contributed by atoms with Gasteiger partial charge in [0.05, 0.1) is 7.11 Å². The Labute approximate surface area is 136 Å². The molecule has 20 heavy (non-hydrogen) atoms. The van der Waals surface area contributed by atoms with E-state index in [1.807, 2.05) is 24.3 Å². The van der Waals surface area contributed by atoms with Crippen LogP contribution in [0.2, 0.25) is 10.0 Å². The number of methoxy groups -OCH3 is 1. The van der Waals surface area contributed by atoms with Crippen molar-refractivity contribution in [2.75, 3.05) is 7.11 Å². The van der Waals surface area contributed by atoms with Gasteiger partial charge >= 0.3 is 0 Å². The van der Waals surface area contributed by atoms with Gasteiger partial charge in [0.2, 0.25) is 0 Å². The Morgan fingerprint density at radius 1 is 0.950 bits per heavy atom. The standard InChI is InChI=1S/C15H13BrCl2O2/c1-19-14-4-2-13(18)7-11(14)9-20-15-5-3-12(17)6-10(15)8-16/h2-7H,8-9H2,1H3. The highest BCUT2D eigenvalue weighted by molar-refractivity contribution is 9.08. The van der Waals surface area contributed by atoms with Gasteiger partial charge in [0, 0.05) is 26.5 Å². The Hall–Kier alpha value is -0.900. The van der Waals surface area contributed by atoms with Crippen molar-refractivity contribution in [3.63, 3.8) is 0 Å². The second-order valence-corrected chi connectivity index (χ2v) is 5.56. The van der Waals surface area contributed by atoms with Crippen molar-refractivity contribution in [1.82, 2.24) is 0 Å². The highest BCUT2D eigenvalue weighted by Crippen LogP contribution is 2.28. The summed E-state index contributed by atoms with van der Waals surface area (Å²) in [5, 5.41) is 2.02. The van der Waals surface area contributed by atoms with Gasteiger partial charge in [-0.15, -0.1) is 0 Å². The van der Waals surface area contributed by atoms with Crippen molar-refractivity contribution in [2.45, 2.75) is 11.9 Å². The summed E-state index contributed by atoms with van der Waals surface area (Å²) in [5.74, 6) is 1.54. The van der Waals surface area contributed by atoms with Crippen LogP contribution in [0.5, 0.6) is 11.5 Å². The van der Waals surface area contributed by atoms with Gasteiger partial charge in [0.25, 0.3) is 0 Å². The lowest BCUT2D eigenvalue weighted by Gasteiger charge is -2.13. The van der Waals surface area contributed by atoms with E-state index < -0.39 is 0 Å². The molecule has 0 saturated carbocycles. The first kappa shape index (κ1) is 15.5. The Morgan fingerprint density at radius 3 is 2.15 bits per heavy atom. The molecule has 5 heteroatoms. The van der Waals surface area contributed by atoms with Gasteiger partial charge in [-0.05, 0) is 36.4 Å². The molecule has 0 radical (unpaired) electrons. The van der Waals surface area contributed by atoms with Crippen LogP contribution in [0, 0.1) is 0 Å². The number of rotatable bonds is 5. The van der Waals surface area contributed by atoms with Gasteiger partial charge in [-0.2, -0.15) is 0 Å². The second-order valence-electron chi connectivity index (χ2n) is 4.13. The molecule has 106 valence electrons. The monoisotopic (exact) mass is 374 g/mol. The van der Waals surface area contributed by atoms with Gasteiger partial charge in [-0.25, -0.2) is 0 Å². The van der Waals surface area contributed by atoms with E-state index in [0.717, 1.165) is 22.6 Å². The summed E-state index contributed by atoms with van der Waals surface area (Å²) in [6.45, 7) is 0.380. The molecule has 0 heterocycles. The van der Waals surface area contributed by atoms with Gasteiger partial charge in [-0.1, -0.05) is 39.1 Å². The third-order valence-corrected chi connectivity index (χ3v) is 3.87. The van der Waals surface area contributed by atoms with Crippen LogP contribution in [0.15, 0.2) is 36.4 Å². The lowest BCUT2D eigenvalue weighted by molar-refractivity contribution is 0.294. The predicted octanol–water partition coefficient (Wildman–Crippen LogP) is 5.48. The third kappa shape index (κ3) is 3.81. The normalized spacial score (nSPS) is 10.4. The van der Waals surface area contributed by atoms with Crippen LogP contribution in [0.25, 0.3) is 0 Å².